The number of halogens is 2. The van der Waals surface area contributed by atoms with E-state index in [1.165, 1.54) is 42.8 Å². The van der Waals surface area contributed by atoms with Crippen LogP contribution in [0, 0.1) is 11.6 Å². The maximum Gasteiger partial charge on any atom is 0.254 e. The minimum atomic E-state index is -0.407. The number of carbonyl (C=O) groups is 2. The molecule has 0 saturated heterocycles. The zero-order valence-corrected chi connectivity index (χ0v) is 21.6. The summed E-state index contributed by atoms with van der Waals surface area (Å²) < 4.78 is 28.8. The highest BCUT2D eigenvalue weighted by atomic mass is 19.1. The van der Waals surface area contributed by atoms with Gasteiger partial charge in [-0.1, -0.05) is 31.4 Å². The lowest BCUT2D eigenvalue weighted by atomic mass is 9.94. The lowest BCUT2D eigenvalue weighted by Crippen LogP contribution is -2.49. The number of carbonyl (C=O) groups excluding carboxylic acids is 2. The van der Waals surface area contributed by atoms with E-state index in [1.54, 1.807) is 17.0 Å². The SMILES string of the molecule is CC(C)N(CC(=O)N(Cc1cccn1Cc1ccc(F)cc1)C1CCCCC1)C(=O)c1ccc(F)cc1. The van der Waals surface area contributed by atoms with E-state index < -0.39 is 5.82 Å². The van der Waals surface area contributed by atoms with Gasteiger partial charge in [-0.3, -0.25) is 9.59 Å². The van der Waals surface area contributed by atoms with Crippen molar-refractivity contribution in [2.75, 3.05) is 6.54 Å². The average Bonchev–Trinajstić information content (AvgIpc) is 3.34. The molecule has 196 valence electrons. The van der Waals surface area contributed by atoms with Gasteiger partial charge in [0.15, 0.2) is 0 Å². The van der Waals surface area contributed by atoms with Crippen molar-refractivity contribution in [3.05, 3.63) is 95.3 Å². The van der Waals surface area contributed by atoms with Crippen molar-refractivity contribution in [3.8, 4) is 0 Å². The highest BCUT2D eigenvalue weighted by Crippen LogP contribution is 2.25. The number of hydrogen-bond donors (Lipinski definition) is 0. The molecule has 0 unspecified atom stereocenters. The van der Waals surface area contributed by atoms with E-state index in [-0.39, 0.29) is 36.3 Å². The maximum absolute atomic E-state index is 13.8. The van der Waals surface area contributed by atoms with Gasteiger partial charge in [0.1, 0.15) is 18.2 Å². The Morgan fingerprint density at radius 3 is 2.16 bits per heavy atom. The van der Waals surface area contributed by atoms with Crippen molar-refractivity contribution in [1.29, 1.82) is 0 Å². The van der Waals surface area contributed by atoms with Crippen LogP contribution in [0.25, 0.3) is 0 Å². The minimum Gasteiger partial charge on any atom is -0.345 e. The van der Waals surface area contributed by atoms with Gasteiger partial charge in [-0.05, 0) is 80.8 Å². The lowest BCUT2D eigenvalue weighted by molar-refractivity contribution is -0.136. The lowest BCUT2D eigenvalue weighted by Gasteiger charge is -2.37. The largest absolute Gasteiger partial charge is 0.345 e. The fraction of sp³-hybridized carbons (Fsp3) is 0.400. The van der Waals surface area contributed by atoms with Gasteiger partial charge in [0.05, 0.1) is 6.54 Å². The summed E-state index contributed by atoms with van der Waals surface area (Å²) in [7, 11) is 0. The number of amides is 2. The quantitative estimate of drug-likeness (QED) is 0.355. The van der Waals surface area contributed by atoms with Crippen molar-refractivity contribution in [2.45, 2.75) is 71.1 Å². The van der Waals surface area contributed by atoms with Crippen molar-refractivity contribution in [3.63, 3.8) is 0 Å². The summed E-state index contributed by atoms with van der Waals surface area (Å²) in [6.07, 6.45) is 7.18. The third-order valence-corrected chi connectivity index (χ3v) is 7.14. The molecule has 3 aromatic rings. The fourth-order valence-electron chi connectivity index (χ4n) is 5.01. The van der Waals surface area contributed by atoms with E-state index in [9.17, 15) is 18.4 Å². The van der Waals surface area contributed by atoms with Crippen LogP contribution >= 0.6 is 0 Å². The van der Waals surface area contributed by atoms with Crippen LogP contribution in [0.1, 0.15) is 67.6 Å². The molecule has 0 aliphatic heterocycles. The average molecular weight is 508 g/mol. The first kappa shape index (κ1) is 26.6. The predicted molar refractivity (Wildman–Crippen MR) is 140 cm³/mol. The van der Waals surface area contributed by atoms with E-state index in [1.807, 2.05) is 37.1 Å². The Labute approximate surface area is 217 Å². The molecule has 2 amide bonds. The maximum atomic E-state index is 13.8. The van der Waals surface area contributed by atoms with Gasteiger partial charge >= 0.3 is 0 Å². The van der Waals surface area contributed by atoms with Crippen LogP contribution in [0.3, 0.4) is 0 Å². The van der Waals surface area contributed by atoms with Crippen LogP contribution in [0.4, 0.5) is 8.78 Å². The minimum absolute atomic E-state index is 0.0386. The van der Waals surface area contributed by atoms with Crippen LogP contribution in [0.15, 0.2) is 66.9 Å². The third kappa shape index (κ3) is 6.85. The standard InChI is InChI=1S/C30H35F2N3O2/c1-22(2)34(30(37)24-12-16-26(32)17-13-24)21-29(36)35(27-7-4-3-5-8-27)20-28-9-6-18-33(28)19-23-10-14-25(31)15-11-23/h6,9-18,22,27H,3-5,7-8,19-21H2,1-2H3. The van der Waals surface area contributed by atoms with E-state index >= 15 is 0 Å². The predicted octanol–water partition coefficient (Wildman–Crippen LogP) is 6.03. The molecular formula is C30H35F2N3O2. The normalized spacial score (nSPS) is 14.1. The van der Waals surface area contributed by atoms with Gasteiger partial charge in [-0.15, -0.1) is 0 Å². The highest BCUT2D eigenvalue weighted by molar-refractivity contribution is 5.96. The van der Waals surface area contributed by atoms with Crippen molar-refractivity contribution in [1.82, 2.24) is 14.4 Å². The van der Waals surface area contributed by atoms with Crippen LogP contribution in [-0.2, 0) is 17.9 Å². The highest BCUT2D eigenvalue weighted by Gasteiger charge is 2.30. The summed E-state index contributed by atoms with van der Waals surface area (Å²) in [5.41, 5.74) is 2.33. The summed E-state index contributed by atoms with van der Waals surface area (Å²) in [6.45, 7) is 4.74. The Kier molecular flexibility index (Phi) is 8.74. The number of nitrogens with zero attached hydrogens (tertiary/aromatic N) is 3. The second kappa shape index (κ2) is 12.2. The molecule has 0 radical (unpaired) electrons. The summed E-state index contributed by atoms with van der Waals surface area (Å²) in [5, 5.41) is 0. The van der Waals surface area contributed by atoms with Crippen LogP contribution in [-0.4, -0.2) is 44.8 Å². The van der Waals surface area contributed by atoms with Gasteiger partial charge in [-0.2, -0.15) is 0 Å². The second-order valence-corrected chi connectivity index (χ2v) is 10.1. The Bertz CT molecular complexity index is 1180. The molecule has 4 rings (SSSR count). The van der Waals surface area contributed by atoms with Crippen molar-refractivity contribution >= 4 is 11.8 Å². The molecule has 0 N–H and O–H groups in total. The molecular weight excluding hydrogens is 472 g/mol. The molecule has 0 spiro atoms. The van der Waals surface area contributed by atoms with E-state index in [4.69, 9.17) is 0 Å². The Hall–Kier alpha value is -3.48. The van der Waals surface area contributed by atoms with E-state index in [2.05, 4.69) is 4.57 Å². The Balaban J connectivity index is 1.54. The molecule has 1 aliphatic carbocycles. The first-order chi connectivity index (χ1) is 17.8. The molecule has 37 heavy (non-hydrogen) atoms. The summed E-state index contributed by atoms with van der Waals surface area (Å²) in [6, 6.07) is 15.8. The second-order valence-electron chi connectivity index (χ2n) is 10.1. The molecule has 0 atom stereocenters. The monoisotopic (exact) mass is 507 g/mol. The summed E-state index contributed by atoms with van der Waals surface area (Å²) >= 11 is 0. The molecule has 5 nitrogen and oxygen atoms in total. The van der Waals surface area contributed by atoms with Gasteiger partial charge in [-0.25, -0.2) is 8.78 Å². The van der Waals surface area contributed by atoms with E-state index in [0.717, 1.165) is 36.9 Å². The Morgan fingerprint density at radius 1 is 0.919 bits per heavy atom. The smallest absolute Gasteiger partial charge is 0.254 e. The third-order valence-electron chi connectivity index (χ3n) is 7.14. The zero-order valence-electron chi connectivity index (χ0n) is 21.6. The Morgan fingerprint density at radius 2 is 1.54 bits per heavy atom. The number of aromatic nitrogens is 1. The number of benzene rings is 2. The molecule has 1 fully saturated rings. The van der Waals surface area contributed by atoms with Crippen molar-refractivity contribution < 1.29 is 18.4 Å². The van der Waals surface area contributed by atoms with Crippen LogP contribution in [0.5, 0.6) is 0 Å². The fourth-order valence-corrected chi connectivity index (χ4v) is 5.01. The number of rotatable bonds is 9. The van der Waals surface area contributed by atoms with Crippen LogP contribution in [0.2, 0.25) is 0 Å². The molecule has 1 aromatic heterocycles. The van der Waals surface area contributed by atoms with Gasteiger partial charge in [0.25, 0.3) is 5.91 Å². The van der Waals surface area contributed by atoms with Crippen LogP contribution < -0.4 is 0 Å². The molecule has 7 heteroatoms. The molecule has 0 bridgehead atoms. The summed E-state index contributed by atoms with van der Waals surface area (Å²) in [4.78, 5) is 30.5. The zero-order chi connectivity index (χ0) is 26.4. The molecule has 2 aromatic carbocycles. The number of hydrogen-bond acceptors (Lipinski definition) is 2. The first-order valence-electron chi connectivity index (χ1n) is 13.1. The topological polar surface area (TPSA) is 45.6 Å². The summed E-state index contributed by atoms with van der Waals surface area (Å²) in [5.74, 6) is -1.05. The van der Waals surface area contributed by atoms with E-state index in [0.29, 0.717) is 18.7 Å². The van der Waals surface area contributed by atoms with Gasteiger partial charge in [0, 0.05) is 36.1 Å². The molecule has 1 saturated carbocycles. The molecule has 1 heterocycles. The van der Waals surface area contributed by atoms with Gasteiger partial charge < -0.3 is 14.4 Å². The van der Waals surface area contributed by atoms with Gasteiger partial charge in [0.2, 0.25) is 5.91 Å². The van der Waals surface area contributed by atoms with Crippen molar-refractivity contribution in [2.24, 2.45) is 0 Å². The first-order valence-corrected chi connectivity index (χ1v) is 13.1. The molecule has 1 aliphatic rings.